The Hall–Kier alpha value is -2.04. The Morgan fingerprint density at radius 3 is 1.00 bits per heavy atom. The van der Waals surface area contributed by atoms with Gasteiger partial charge in [0.05, 0.1) is 14.7 Å². The molecule has 2 atom stereocenters. The van der Waals surface area contributed by atoms with Crippen LogP contribution >= 0.6 is 0 Å². The second-order valence-electron chi connectivity index (χ2n) is 13.5. The molecule has 0 saturated carbocycles. The van der Waals surface area contributed by atoms with E-state index in [0.717, 1.165) is 0 Å². The molecule has 198 valence electrons. The summed E-state index contributed by atoms with van der Waals surface area (Å²) >= 11 is 0. The normalized spacial score (nSPS) is 15.9. The topological polar surface area (TPSA) is 0 Å². The van der Waals surface area contributed by atoms with E-state index in [0.29, 0.717) is 0 Å². The zero-order chi connectivity index (χ0) is 27.7. The minimum Gasteiger partial charge on any atom is -0.0713 e. The molecule has 0 nitrogen and oxygen atoms in total. The Kier molecular flexibility index (Phi) is 8.27. The van der Waals surface area contributed by atoms with Crippen molar-refractivity contribution >= 4 is 58.2 Å². The van der Waals surface area contributed by atoms with Crippen molar-refractivity contribution in [1.29, 1.82) is 0 Å². The first-order valence-electron chi connectivity index (χ1n) is 14.1. The molecule has 0 saturated heterocycles. The van der Waals surface area contributed by atoms with Crippen molar-refractivity contribution < 1.29 is 0 Å². The second-order valence-corrected chi connectivity index (χ2v) is 54.9. The maximum Gasteiger partial charge on any atom is 0.110 e. The van der Waals surface area contributed by atoms with Crippen molar-refractivity contribution in [3.8, 4) is 0 Å². The first kappa shape index (κ1) is 29.0. The molecule has 0 aliphatic carbocycles. The quantitative estimate of drug-likeness (QED) is 0.193. The summed E-state index contributed by atoms with van der Waals surface area (Å²) in [7, 11) is -9.52. The molecule has 0 aliphatic heterocycles. The summed E-state index contributed by atoms with van der Waals surface area (Å²) in [6, 6.07) is 47.3. The average Bonchev–Trinajstić information content (AvgIpc) is 2.92. The zero-order valence-corrected chi connectivity index (χ0v) is 29.8. The minimum absolute atomic E-state index is 1.45. The van der Waals surface area contributed by atoms with E-state index in [4.69, 9.17) is 0 Å². The molecule has 4 aromatic rings. The smallest absolute Gasteiger partial charge is 0.0713 e. The lowest BCUT2D eigenvalue weighted by atomic mass is 10.4. The first-order chi connectivity index (χ1) is 17.9. The van der Waals surface area contributed by atoms with Gasteiger partial charge in [0.2, 0.25) is 0 Å². The molecule has 0 N–H and O–H groups in total. The third-order valence-corrected chi connectivity index (χ3v) is 71.3. The molecule has 4 rings (SSSR count). The van der Waals surface area contributed by atoms with Crippen molar-refractivity contribution in [3.63, 3.8) is 0 Å². The van der Waals surface area contributed by atoms with Crippen LogP contribution in [0.1, 0.15) is 0 Å². The van der Waals surface area contributed by atoms with Crippen molar-refractivity contribution in [1.82, 2.24) is 0 Å². The molecule has 0 fully saturated rings. The highest BCUT2D eigenvalue weighted by Gasteiger charge is 2.65. The van der Waals surface area contributed by atoms with Gasteiger partial charge in [-0.05, 0) is 0 Å². The van der Waals surface area contributed by atoms with Gasteiger partial charge in [0.15, 0.2) is 0 Å². The molecule has 38 heavy (non-hydrogen) atoms. The van der Waals surface area contributed by atoms with E-state index in [1.807, 2.05) is 0 Å². The molecular formula is C33H46Si5. The molecule has 0 aromatic heterocycles. The van der Waals surface area contributed by atoms with Gasteiger partial charge >= 0.3 is 0 Å². The van der Waals surface area contributed by atoms with Gasteiger partial charge < -0.3 is 0 Å². The maximum atomic E-state index is 2.78. The fraction of sp³-hybridized carbons (Fsp3) is 0.273. The zero-order valence-electron chi connectivity index (χ0n) is 24.8. The summed E-state index contributed by atoms with van der Waals surface area (Å²) in [6.45, 7) is 21.8. The van der Waals surface area contributed by atoms with Gasteiger partial charge in [-0.25, -0.2) is 0 Å². The Labute approximate surface area is 236 Å². The number of rotatable bonds is 9. The number of hydrogen-bond donors (Lipinski definition) is 0. The van der Waals surface area contributed by atoms with Crippen LogP contribution in [0.5, 0.6) is 0 Å². The van der Waals surface area contributed by atoms with Crippen molar-refractivity contribution in [2.45, 2.75) is 58.0 Å². The largest absolute Gasteiger partial charge is 0.110 e. The van der Waals surface area contributed by atoms with E-state index in [1.54, 1.807) is 20.7 Å². The summed E-state index contributed by atoms with van der Waals surface area (Å²) in [5.41, 5.74) is 1.45. The molecule has 0 heterocycles. The Bertz CT molecular complexity index is 1270. The second kappa shape index (κ2) is 10.9. The van der Waals surface area contributed by atoms with Gasteiger partial charge in [0, 0.05) is 15.2 Å². The van der Waals surface area contributed by atoms with Gasteiger partial charge in [-0.3, -0.25) is 0 Å². The van der Waals surface area contributed by atoms with Gasteiger partial charge in [-0.2, -0.15) is 0 Å². The maximum absolute atomic E-state index is 2.78. The van der Waals surface area contributed by atoms with Crippen LogP contribution in [0.25, 0.3) is 0 Å². The highest BCUT2D eigenvalue weighted by molar-refractivity contribution is 7.80. The molecule has 0 spiro atoms. The predicted octanol–water partition coefficient (Wildman–Crippen LogP) is 6.67. The third-order valence-electron chi connectivity index (χ3n) is 9.79. The monoisotopic (exact) mass is 582 g/mol. The fourth-order valence-electron chi connectivity index (χ4n) is 7.08. The number of benzene rings is 4. The SMILES string of the molecule is C[Si](C)(C)[Si](C)(C[Si](c1ccccc1)([Si](C)(C)C)[Si](C)(c1ccccc1)c1ccccc1)c1ccccc1. The Morgan fingerprint density at radius 1 is 0.368 bits per heavy atom. The van der Waals surface area contributed by atoms with Crippen LogP contribution in [-0.2, 0) is 0 Å². The third kappa shape index (κ3) is 4.88. The fourth-order valence-corrected chi connectivity index (χ4v) is 84.8. The first-order valence-corrected chi connectivity index (χ1v) is 31.5. The van der Waals surface area contributed by atoms with E-state index in [9.17, 15) is 0 Å². The van der Waals surface area contributed by atoms with Crippen molar-refractivity contribution in [2.75, 3.05) is 0 Å². The standard InChI is InChI=1S/C33H46Si5/c1-34(2,3)36(7,30-21-13-9-14-22-30)29-38(35(4,5)6,33-27-19-12-20-28-33)37(8,31-23-15-10-16-24-31)32-25-17-11-18-26-32/h9-28H,29H2,1-8H3. The highest BCUT2D eigenvalue weighted by atomic mass is 29.6. The lowest BCUT2D eigenvalue weighted by Crippen LogP contribution is -2.90. The molecule has 0 aliphatic rings. The van der Waals surface area contributed by atoms with Crippen molar-refractivity contribution in [2.24, 2.45) is 0 Å². The molecular weight excluding hydrogens is 537 g/mol. The molecule has 0 amide bonds. The van der Waals surface area contributed by atoms with Gasteiger partial charge in [0.1, 0.15) is 7.59 Å². The summed E-state index contributed by atoms with van der Waals surface area (Å²) < 4.78 is 0. The van der Waals surface area contributed by atoms with E-state index in [1.165, 1.54) is 5.67 Å². The van der Waals surface area contributed by atoms with Crippen LogP contribution in [-0.4, -0.2) is 37.5 Å². The Morgan fingerprint density at radius 2 is 0.684 bits per heavy atom. The van der Waals surface area contributed by atoms with E-state index < -0.39 is 37.5 Å². The highest BCUT2D eigenvalue weighted by Crippen LogP contribution is 2.39. The lowest BCUT2D eigenvalue weighted by Gasteiger charge is -2.58. The average molecular weight is 583 g/mol. The van der Waals surface area contributed by atoms with Gasteiger partial charge in [-0.15, -0.1) is 0 Å². The van der Waals surface area contributed by atoms with E-state index in [2.05, 4.69) is 174 Å². The van der Waals surface area contributed by atoms with Crippen LogP contribution in [0.4, 0.5) is 0 Å². The molecule has 0 radical (unpaired) electrons. The molecule has 5 heteroatoms. The summed E-state index contributed by atoms with van der Waals surface area (Å²) in [6.07, 6.45) is 0. The van der Waals surface area contributed by atoms with Gasteiger partial charge in [0.25, 0.3) is 0 Å². The predicted molar refractivity (Wildman–Crippen MR) is 185 cm³/mol. The summed E-state index contributed by atoms with van der Waals surface area (Å²) in [5, 5.41) is 6.66. The van der Waals surface area contributed by atoms with Crippen molar-refractivity contribution in [3.05, 3.63) is 121 Å². The molecule has 0 bridgehead atoms. The number of hydrogen-bond acceptors (Lipinski definition) is 0. The van der Waals surface area contributed by atoms with Crippen LogP contribution in [0.15, 0.2) is 121 Å². The van der Waals surface area contributed by atoms with Gasteiger partial charge in [-0.1, -0.05) is 200 Å². The summed E-state index contributed by atoms with van der Waals surface area (Å²) in [4.78, 5) is 0. The van der Waals surface area contributed by atoms with E-state index >= 15 is 0 Å². The van der Waals surface area contributed by atoms with Crippen LogP contribution in [0.2, 0.25) is 58.0 Å². The van der Waals surface area contributed by atoms with Crippen LogP contribution in [0, 0.1) is 0 Å². The Balaban J connectivity index is 2.19. The molecule has 4 aromatic carbocycles. The van der Waals surface area contributed by atoms with Crippen LogP contribution < -0.4 is 20.7 Å². The minimum atomic E-state index is -2.22. The van der Waals surface area contributed by atoms with E-state index in [-0.39, 0.29) is 0 Å². The summed E-state index contributed by atoms with van der Waals surface area (Å²) in [5.74, 6) is 0. The molecule has 2 unspecified atom stereocenters. The lowest BCUT2D eigenvalue weighted by molar-refractivity contribution is 1.60. The van der Waals surface area contributed by atoms with Crippen LogP contribution in [0.3, 0.4) is 0 Å².